The van der Waals surface area contributed by atoms with E-state index in [0.29, 0.717) is 17.2 Å². The summed E-state index contributed by atoms with van der Waals surface area (Å²) >= 11 is 0. The molecule has 5 heteroatoms. The van der Waals surface area contributed by atoms with Gasteiger partial charge in [-0.05, 0) is 23.8 Å². The molecule has 0 aliphatic heterocycles. The third kappa shape index (κ3) is 2.97. The second-order valence-electron chi connectivity index (χ2n) is 6.07. The molecule has 0 unspecified atom stereocenters. The van der Waals surface area contributed by atoms with Crippen molar-refractivity contribution in [1.29, 1.82) is 0 Å². The Balaban J connectivity index is 1.89. The Hall–Kier alpha value is -3.47. The lowest BCUT2D eigenvalue weighted by Gasteiger charge is -2.13. The Labute approximate surface area is 157 Å². The molecule has 5 nitrogen and oxygen atoms in total. The minimum atomic E-state index is 0.560. The molecule has 0 radical (unpaired) electrons. The summed E-state index contributed by atoms with van der Waals surface area (Å²) in [7, 11) is 4.80. The molecule has 4 aromatic rings. The molecule has 1 N–H and O–H groups in total. The van der Waals surface area contributed by atoms with Crippen molar-refractivity contribution >= 4 is 11.0 Å². The minimum Gasteiger partial charge on any atom is -0.493 e. The summed E-state index contributed by atoms with van der Waals surface area (Å²) in [5.41, 5.74) is 4.97. The van der Waals surface area contributed by atoms with Crippen molar-refractivity contribution in [2.75, 3.05) is 21.3 Å². The topological polar surface area (TPSA) is 56.4 Å². The van der Waals surface area contributed by atoms with Gasteiger partial charge in [-0.1, -0.05) is 42.5 Å². The van der Waals surface area contributed by atoms with Gasteiger partial charge >= 0.3 is 0 Å². The Morgan fingerprint density at radius 1 is 0.741 bits per heavy atom. The molecule has 0 aliphatic carbocycles. The minimum absolute atomic E-state index is 0.560. The van der Waals surface area contributed by atoms with Crippen LogP contribution < -0.4 is 14.2 Å². The van der Waals surface area contributed by atoms with Gasteiger partial charge in [-0.25, -0.2) is 4.98 Å². The van der Waals surface area contributed by atoms with Gasteiger partial charge in [-0.3, -0.25) is 0 Å². The average molecular weight is 360 g/mol. The van der Waals surface area contributed by atoms with Gasteiger partial charge in [0, 0.05) is 11.1 Å². The third-order valence-electron chi connectivity index (χ3n) is 4.54. The van der Waals surface area contributed by atoms with Crippen molar-refractivity contribution in [3.63, 3.8) is 0 Å². The number of imidazole rings is 1. The molecular formula is C22H20N2O3. The van der Waals surface area contributed by atoms with Gasteiger partial charge in [-0.15, -0.1) is 0 Å². The number of nitrogens with one attached hydrogen (secondary N) is 1. The van der Waals surface area contributed by atoms with Crippen molar-refractivity contribution < 1.29 is 14.2 Å². The molecule has 0 amide bonds. The summed E-state index contributed by atoms with van der Waals surface area (Å²) < 4.78 is 16.3. The summed E-state index contributed by atoms with van der Waals surface area (Å²) in [4.78, 5) is 8.26. The normalized spacial score (nSPS) is 10.8. The van der Waals surface area contributed by atoms with Gasteiger partial charge in [0.25, 0.3) is 0 Å². The van der Waals surface area contributed by atoms with E-state index in [1.54, 1.807) is 21.3 Å². The van der Waals surface area contributed by atoms with E-state index in [2.05, 4.69) is 23.2 Å². The highest BCUT2D eigenvalue weighted by Crippen LogP contribution is 2.41. The van der Waals surface area contributed by atoms with Crippen LogP contribution in [0.25, 0.3) is 33.5 Å². The molecule has 136 valence electrons. The highest BCUT2D eigenvalue weighted by Gasteiger charge is 2.17. The molecule has 0 aliphatic rings. The van der Waals surface area contributed by atoms with Gasteiger partial charge in [0.1, 0.15) is 5.82 Å². The number of aromatic amines is 1. The molecule has 0 saturated heterocycles. The van der Waals surface area contributed by atoms with E-state index in [-0.39, 0.29) is 0 Å². The molecule has 1 heterocycles. The van der Waals surface area contributed by atoms with Gasteiger partial charge in [0.15, 0.2) is 11.5 Å². The van der Waals surface area contributed by atoms with Crippen molar-refractivity contribution in [2.24, 2.45) is 0 Å². The first-order valence-electron chi connectivity index (χ1n) is 8.59. The van der Waals surface area contributed by atoms with Crippen LogP contribution in [0.2, 0.25) is 0 Å². The van der Waals surface area contributed by atoms with E-state index in [1.807, 2.05) is 42.5 Å². The van der Waals surface area contributed by atoms with Gasteiger partial charge < -0.3 is 19.2 Å². The largest absolute Gasteiger partial charge is 0.493 e. The van der Waals surface area contributed by atoms with Crippen LogP contribution in [-0.2, 0) is 0 Å². The Morgan fingerprint density at radius 2 is 1.44 bits per heavy atom. The smallest absolute Gasteiger partial charge is 0.203 e. The lowest BCUT2D eigenvalue weighted by atomic mass is 10.0. The van der Waals surface area contributed by atoms with Crippen LogP contribution in [0.4, 0.5) is 0 Å². The SMILES string of the molecule is COc1cc(-c2nc3c(-c4ccccc4)cccc3[nH]2)cc(OC)c1OC. The number of aromatic nitrogens is 2. The number of fused-ring (bicyclic) bond motifs is 1. The highest BCUT2D eigenvalue weighted by atomic mass is 16.5. The number of H-pyrrole nitrogens is 1. The van der Waals surface area contributed by atoms with E-state index in [4.69, 9.17) is 19.2 Å². The van der Waals surface area contributed by atoms with E-state index in [9.17, 15) is 0 Å². The zero-order chi connectivity index (χ0) is 18.8. The molecule has 0 saturated carbocycles. The maximum atomic E-state index is 5.46. The number of rotatable bonds is 5. The summed E-state index contributed by atoms with van der Waals surface area (Å²) in [6, 6.07) is 20.2. The zero-order valence-corrected chi connectivity index (χ0v) is 15.4. The third-order valence-corrected chi connectivity index (χ3v) is 4.54. The summed E-state index contributed by atoms with van der Waals surface area (Å²) in [6.07, 6.45) is 0. The van der Waals surface area contributed by atoms with Crippen LogP contribution in [0.1, 0.15) is 0 Å². The Kier molecular flexibility index (Phi) is 4.42. The number of hydrogen-bond donors (Lipinski definition) is 1. The van der Waals surface area contributed by atoms with E-state index in [0.717, 1.165) is 33.5 Å². The maximum absolute atomic E-state index is 5.46. The number of hydrogen-bond acceptors (Lipinski definition) is 4. The van der Waals surface area contributed by atoms with Crippen LogP contribution in [0.3, 0.4) is 0 Å². The predicted molar refractivity (Wildman–Crippen MR) is 107 cm³/mol. The van der Waals surface area contributed by atoms with E-state index >= 15 is 0 Å². The van der Waals surface area contributed by atoms with E-state index < -0.39 is 0 Å². The fourth-order valence-electron chi connectivity index (χ4n) is 3.24. The lowest BCUT2D eigenvalue weighted by molar-refractivity contribution is 0.324. The first kappa shape index (κ1) is 17.0. The maximum Gasteiger partial charge on any atom is 0.203 e. The van der Waals surface area contributed by atoms with Crippen molar-refractivity contribution in [3.05, 3.63) is 60.7 Å². The van der Waals surface area contributed by atoms with Crippen molar-refractivity contribution in [3.8, 4) is 39.8 Å². The molecule has 0 fully saturated rings. The van der Waals surface area contributed by atoms with Crippen LogP contribution in [-0.4, -0.2) is 31.3 Å². The molecule has 0 atom stereocenters. The number of methoxy groups -OCH3 is 3. The lowest BCUT2D eigenvalue weighted by Crippen LogP contribution is -1.96. The van der Waals surface area contributed by atoms with Gasteiger partial charge in [0.05, 0.1) is 32.4 Å². The fourth-order valence-corrected chi connectivity index (χ4v) is 3.24. The van der Waals surface area contributed by atoms with Crippen molar-refractivity contribution in [1.82, 2.24) is 9.97 Å². The Bertz CT molecular complexity index is 1060. The van der Waals surface area contributed by atoms with Crippen LogP contribution >= 0.6 is 0 Å². The number of para-hydroxylation sites is 1. The summed E-state index contributed by atoms with van der Waals surface area (Å²) in [5, 5.41) is 0. The molecule has 0 spiro atoms. The second kappa shape index (κ2) is 7.03. The van der Waals surface area contributed by atoms with E-state index in [1.165, 1.54) is 0 Å². The average Bonchev–Trinajstić information content (AvgIpc) is 3.17. The molecule has 0 bridgehead atoms. The summed E-state index contributed by atoms with van der Waals surface area (Å²) in [5.74, 6) is 2.49. The quantitative estimate of drug-likeness (QED) is 0.549. The van der Waals surface area contributed by atoms with Gasteiger partial charge in [0.2, 0.25) is 5.75 Å². The van der Waals surface area contributed by atoms with Crippen molar-refractivity contribution in [2.45, 2.75) is 0 Å². The molecular weight excluding hydrogens is 340 g/mol. The van der Waals surface area contributed by atoms with Crippen LogP contribution in [0.15, 0.2) is 60.7 Å². The number of nitrogens with zero attached hydrogens (tertiary/aromatic N) is 1. The first-order valence-corrected chi connectivity index (χ1v) is 8.59. The first-order chi connectivity index (χ1) is 13.2. The Morgan fingerprint density at radius 3 is 2.07 bits per heavy atom. The van der Waals surface area contributed by atoms with Crippen LogP contribution in [0.5, 0.6) is 17.2 Å². The summed E-state index contributed by atoms with van der Waals surface area (Å²) in [6.45, 7) is 0. The highest BCUT2D eigenvalue weighted by molar-refractivity contribution is 5.93. The molecule has 4 rings (SSSR count). The van der Waals surface area contributed by atoms with Crippen LogP contribution in [0, 0.1) is 0 Å². The molecule has 3 aromatic carbocycles. The number of benzene rings is 3. The molecule has 27 heavy (non-hydrogen) atoms. The second-order valence-corrected chi connectivity index (χ2v) is 6.07. The zero-order valence-electron chi connectivity index (χ0n) is 15.4. The van der Waals surface area contributed by atoms with Gasteiger partial charge in [-0.2, -0.15) is 0 Å². The standard InChI is InChI=1S/C22H20N2O3/c1-25-18-12-15(13-19(26-2)21(18)27-3)22-23-17-11-7-10-16(20(17)24-22)14-8-5-4-6-9-14/h4-13H,1-3H3,(H,23,24). The molecule has 1 aromatic heterocycles. The fraction of sp³-hybridized carbons (Fsp3) is 0.136. The number of ether oxygens (including phenoxy) is 3. The predicted octanol–water partition coefficient (Wildman–Crippen LogP) is 4.92. The monoisotopic (exact) mass is 360 g/mol.